The summed E-state index contributed by atoms with van der Waals surface area (Å²) in [6.07, 6.45) is -2.23. The lowest BCUT2D eigenvalue weighted by molar-refractivity contribution is -0.0151. The summed E-state index contributed by atoms with van der Waals surface area (Å²) in [5.41, 5.74) is 0. The fourth-order valence-corrected chi connectivity index (χ4v) is 0.451. The summed E-state index contributed by atoms with van der Waals surface area (Å²) in [5.74, 6) is 0. The largest absolute Gasteiger partial charge is 0.394 e. The molecule has 0 amide bonds. The zero-order valence-electron chi connectivity index (χ0n) is 10.6. The van der Waals surface area contributed by atoms with Crippen molar-refractivity contribution in [2.75, 3.05) is 33.0 Å². The number of aliphatic hydroxyl groups excluding tert-OH is 8. The number of rotatable bonds is 6. The van der Waals surface area contributed by atoms with Crippen molar-refractivity contribution in [1.29, 1.82) is 0 Å². The monoisotopic (exact) mass is 274 g/mol. The lowest BCUT2D eigenvalue weighted by Crippen LogP contribution is -2.28. The average Bonchev–Trinajstić information content (AvgIpc) is 2.45. The molecule has 0 aromatic rings. The molecule has 8 nitrogen and oxygen atoms in total. The molecule has 0 aliphatic heterocycles. The van der Waals surface area contributed by atoms with Crippen LogP contribution in [0.3, 0.4) is 0 Å². The van der Waals surface area contributed by atoms with Gasteiger partial charge in [-0.2, -0.15) is 0 Å². The minimum Gasteiger partial charge on any atom is -0.394 e. The third-order valence-corrected chi connectivity index (χ3v) is 1.57. The maximum Gasteiger partial charge on any atom is 0.103 e. The Kier molecular flexibility index (Phi) is 24.1. The first kappa shape index (κ1) is 22.8. The summed E-state index contributed by atoms with van der Waals surface area (Å²) < 4.78 is 0. The van der Waals surface area contributed by atoms with Gasteiger partial charge in [-0.05, 0) is 6.42 Å². The fourth-order valence-electron chi connectivity index (χ4n) is 0.451. The lowest BCUT2D eigenvalue weighted by atomic mass is 10.2. The van der Waals surface area contributed by atoms with Crippen molar-refractivity contribution in [3.05, 3.63) is 0 Å². The van der Waals surface area contributed by atoms with Crippen LogP contribution in [0.25, 0.3) is 0 Å². The van der Waals surface area contributed by atoms with E-state index in [0.29, 0.717) is 6.42 Å². The van der Waals surface area contributed by atoms with Gasteiger partial charge in [-0.1, -0.05) is 6.92 Å². The van der Waals surface area contributed by atoms with E-state index < -0.39 is 18.3 Å². The Bertz CT molecular complexity index is 121. The van der Waals surface area contributed by atoms with Crippen LogP contribution in [0.2, 0.25) is 0 Å². The highest BCUT2D eigenvalue weighted by molar-refractivity contribution is 4.62. The molecule has 0 bridgehead atoms. The molecule has 2 unspecified atom stereocenters. The second-order valence-electron chi connectivity index (χ2n) is 3.19. The van der Waals surface area contributed by atoms with E-state index in [9.17, 15) is 0 Å². The minimum absolute atomic E-state index is 0.125. The van der Waals surface area contributed by atoms with Crippen LogP contribution in [-0.4, -0.2) is 92.2 Å². The van der Waals surface area contributed by atoms with E-state index in [1.165, 1.54) is 0 Å². The SMILES string of the molecule is CCC(O)C(O)CO.OCC(O)CO.OCCO. The molecule has 0 aliphatic rings. The predicted octanol–water partition coefficient (Wildman–Crippen LogP) is -3.59. The van der Waals surface area contributed by atoms with Crippen molar-refractivity contribution in [3.63, 3.8) is 0 Å². The molecule has 0 aromatic carbocycles. The van der Waals surface area contributed by atoms with Gasteiger partial charge in [0.1, 0.15) is 12.2 Å². The zero-order chi connectivity index (χ0) is 15.0. The molecule has 8 heteroatoms. The van der Waals surface area contributed by atoms with Gasteiger partial charge in [0.05, 0.1) is 39.1 Å². The van der Waals surface area contributed by atoms with Crippen molar-refractivity contribution < 1.29 is 40.9 Å². The molecule has 0 heterocycles. The molecular weight excluding hydrogens is 248 g/mol. The van der Waals surface area contributed by atoms with Crippen LogP contribution in [0.5, 0.6) is 0 Å². The van der Waals surface area contributed by atoms with E-state index in [2.05, 4.69) is 0 Å². The Morgan fingerprint density at radius 2 is 1.06 bits per heavy atom. The van der Waals surface area contributed by atoms with Crippen molar-refractivity contribution in [2.45, 2.75) is 31.7 Å². The summed E-state index contributed by atoms with van der Waals surface area (Å²) in [6.45, 7) is 0.394. The van der Waals surface area contributed by atoms with E-state index in [4.69, 9.17) is 40.9 Å². The smallest absolute Gasteiger partial charge is 0.103 e. The maximum atomic E-state index is 8.72. The molecular formula is C10H26O8. The molecule has 0 aliphatic carbocycles. The first-order chi connectivity index (χ1) is 8.44. The van der Waals surface area contributed by atoms with Crippen molar-refractivity contribution in [2.24, 2.45) is 0 Å². The highest BCUT2D eigenvalue weighted by Crippen LogP contribution is 1.95. The Hall–Kier alpha value is -0.320. The molecule has 0 rings (SSSR count). The number of hydrogen-bond donors (Lipinski definition) is 8. The van der Waals surface area contributed by atoms with Gasteiger partial charge in [0, 0.05) is 0 Å². The number of aliphatic hydroxyl groups is 8. The van der Waals surface area contributed by atoms with Crippen LogP contribution in [0.4, 0.5) is 0 Å². The second-order valence-corrected chi connectivity index (χ2v) is 3.19. The first-order valence-corrected chi connectivity index (χ1v) is 5.53. The van der Waals surface area contributed by atoms with Gasteiger partial charge < -0.3 is 40.9 Å². The topological polar surface area (TPSA) is 162 Å². The van der Waals surface area contributed by atoms with E-state index in [0.717, 1.165) is 0 Å². The molecule has 114 valence electrons. The Morgan fingerprint density at radius 3 is 1.11 bits per heavy atom. The van der Waals surface area contributed by atoms with Crippen LogP contribution in [0.1, 0.15) is 13.3 Å². The highest BCUT2D eigenvalue weighted by atomic mass is 16.4. The maximum absolute atomic E-state index is 8.72. The van der Waals surface area contributed by atoms with Crippen LogP contribution < -0.4 is 0 Å². The molecule has 2 atom stereocenters. The van der Waals surface area contributed by atoms with Crippen molar-refractivity contribution >= 4 is 0 Å². The molecule has 0 radical (unpaired) electrons. The predicted molar refractivity (Wildman–Crippen MR) is 63.7 cm³/mol. The van der Waals surface area contributed by atoms with E-state index >= 15 is 0 Å². The standard InChI is InChI=1S/C5H12O3.C3H8O3.C2H6O2/c1-2-4(7)5(8)3-6;4-1-3(6)2-5;3-1-2-4/h4-8H,2-3H2,1H3;3-6H,1-2H2;3-4H,1-2H2. The number of hydrogen-bond acceptors (Lipinski definition) is 8. The summed E-state index contributed by atoms with van der Waals surface area (Å²) in [7, 11) is 0. The second kappa shape index (κ2) is 19.0. The van der Waals surface area contributed by atoms with Crippen molar-refractivity contribution in [1.82, 2.24) is 0 Å². The zero-order valence-corrected chi connectivity index (χ0v) is 10.6. The van der Waals surface area contributed by atoms with Crippen LogP contribution in [0.15, 0.2) is 0 Å². The van der Waals surface area contributed by atoms with Gasteiger partial charge in [0.2, 0.25) is 0 Å². The average molecular weight is 274 g/mol. The van der Waals surface area contributed by atoms with Gasteiger partial charge in [-0.25, -0.2) is 0 Å². The van der Waals surface area contributed by atoms with Gasteiger partial charge in [0.25, 0.3) is 0 Å². The molecule has 0 aromatic heterocycles. The Morgan fingerprint density at radius 1 is 0.667 bits per heavy atom. The normalized spacial score (nSPS) is 13.0. The molecule has 8 N–H and O–H groups in total. The molecule has 0 saturated heterocycles. The van der Waals surface area contributed by atoms with Gasteiger partial charge in [0.15, 0.2) is 0 Å². The van der Waals surface area contributed by atoms with Crippen LogP contribution >= 0.6 is 0 Å². The summed E-state index contributed by atoms with van der Waals surface area (Å²) in [6, 6.07) is 0. The summed E-state index contributed by atoms with van der Waals surface area (Å²) >= 11 is 0. The molecule has 18 heavy (non-hydrogen) atoms. The van der Waals surface area contributed by atoms with Gasteiger partial charge in [-0.15, -0.1) is 0 Å². The first-order valence-electron chi connectivity index (χ1n) is 5.53. The summed E-state index contributed by atoms with van der Waals surface area (Å²) in [5, 5.41) is 64.8. The van der Waals surface area contributed by atoms with Gasteiger partial charge in [-0.3, -0.25) is 0 Å². The fraction of sp³-hybridized carbons (Fsp3) is 1.00. The van der Waals surface area contributed by atoms with Gasteiger partial charge >= 0.3 is 0 Å². The highest BCUT2D eigenvalue weighted by Gasteiger charge is 2.10. The van der Waals surface area contributed by atoms with Crippen LogP contribution in [0, 0.1) is 0 Å². The molecule has 0 spiro atoms. The lowest BCUT2D eigenvalue weighted by Gasteiger charge is -2.11. The molecule has 0 saturated carbocycles. The summed E-state index contributed by atoms with van der Waals surface area (Å²) in [4.78, 5) is 0. The van der Waals surface area contributed by atoms with E-state index in [1.807, 2.05) is 0 Å². The van der Waals surface area contributed by atoms with E-state index in [-0.39, 0.29) is 33.0 Å². The third-order valence-electron chi connectivity index (χ3n) is 1.57. The third kappa shape index (κ3) is 21.0. The minimum atomic E-state index is -0.972. The van der Waals surface area contributed by atoms with Crippen LogP contribution in [-0.2, 0) is 0 Å². The molecule has 0 fully saturated rings. The quantitative estimate of drug-likeness (QED) is 0.246. The Balaban J connectivity index is -0.000000200. The van der Waals surface area contributed by atoms with E-state index in [1.54, 1.807) is 6.92 Å². The van der Waals surface area contributed by atoms with Crippen molar-refractivity contribution in [3.8, 4) is 0 Å². The Labute approximate surface area is 106 Å².